The molecule has 0 atom stereocenters. The molecule has 18 heavy (non-hydrogen) atoms. The van der Waals surface area contributed by atoms with Crippen LogP contribution in [0.2, 0.25) is 0 Å². The molecule has 0 amide bonds. The first kappa shape index (κ1) is 11.8. The molecule has 0 aromatic carbocycles. The van der Waals surface area contributed by atoms with Crippen molar-refractivity contribution < 1.29 is 0 Å². The van der Waals surface area contributed by atoms with E-state index < -0.39 is 0 Å². The maximum Gasteiger partial charge on any atom is 0.254 e. The molecule has 2 aromatic rings. The molecule has 0 fully saturated rings. The molecule has 7 nitrogen and oxygen atoms in total. The van der Waals surface area contributed by atoms with Crippen molar-refractivity contribution in [3.63, 3.8) is 0 Å². The molecule has 2 aromatic heterocycles. The van der Waals surface area contributed by atoms with Crippen LogP contribution in [0.1, 0.15) is 0 Å². The van der Waals surface area contributed by atoms with E-state index in [2.05, 4.69) is 20.4 Å². The lowest BCUT2D eigenvalue weighted by atomic mass is 9.97. The van der Waals surface area contributed by atoms with Gasteiger partial charge in [0.1, 0.15) is 19.5 Å². The zero-order chi connectivity index (χ0) is 13.0. The van der Waals surface area contributed by atoms with E-state index in [1.54, 1.807) is 30.7 Å². The Kier molecular flexibility index (Phi) is 3.37. The van der Waals surface area contributed by atoms with Crippen LogP contribution < -0.4 is 16.5 Å². The molecule has 0 bridgehead atoms. The van der Waals surface area contributed by atoms with Gasteiger partial charge in [-0.2, -0.15) is 15.1 Å². The summed E-state index contributed by atoms with van der Waals surface area (Å²) in [6, 6.07) is 1.78. The number of nitrogens with one attached hydrogen (secondary N) is 2. The van der Waals surface area contributed by atoms with Crippen LogP contribution in [0.15, 0.2) is 30.7 Å². The molecule has 0 saturated carbocycles. The molecule has 2 rings (SSSR count). The largest absolute Gasteiger partial charge is 0.384 e. The number of hydrogen-bond acceptors (Lipinski definition) is 6. The predicted molar refractivity (Wildman–Crippen MR) is 73.3 cm³/mol. The summed E-state index contributed by atoms with van der Waals surface area (Å²) in [5.41, 5.74) is 6.58. The van der Waals surface area contributed by atoms with Gasteiger partial charge in [-0.25, -0.2) is 4.68 Å². The zero-order valence-corrected chi connectivity index (χ0v) is 9.83. The second kappa shape index (κ2) is 5.13. The van der Waals surface area contributed by atoms with Crippen LogP contribution in [0.3, 0.4) is 0 Å². The lowest BCUT2D eigenvalue weighted by Gasteiger charge is -2.09. The van der Waals surface area contributed by atoms with Crippen LogP contribution in [-0.2, 0) is 0 Å². The Hall–Kier alpha value is -2.64. The van der Waals surface area contributed by atoms with Gasteiger partial charge in [-0.05, 0) is 17.6 Å². The maximum absolute atomic E-state index is 6.90. The van der Waals surface area contributed by atoms with Crippen molar-refractivity contribution in [2.75, 3.05) is 11.1 Å². The van der Waals surface area contributed by atoms with E-state index in [0.29, 0.717) is 17.6 Å². The summed E-state index contributed by atoms with van der Waals surface area (Å²) < 4.78 is 1.53. The Bertz CT molecular complexity index is 576. The third-order valence-electron chi connectivity index (χ3n) is 2.29. The van der Waals surface area contributed by atoms with Gasteiger partial charge in [0.15, 0.2) is 0 Å². The van der Waals surface area contributed by atoms with Crippen LogP contribution in [0.25, 0.3) is 5.95 Å². The fourth-order valence-corrected chi connectivity index (χ4v) is 1.33. The molecule has 0 unspecified atom stereocenters. The molecule has 0 aliphatic heterocycles. The van der Waals surface area contributed by atoms with Crippen molar-refractivity contribution >= 4 is 31.2 Å². The first-order valence-electron chi connectivity index (χ1n) is 5.28. The second-order valence-electron chi connectivity index (χ2n) is 3.50. The molecule has 4 N–H and O–H groups in total. The summed E-state index contributed by atoms with van der Waals surface area (Å²) in [6.07, 6.45) is 7.70. The van der Waals surface area contributed by atoms with Crippen LogP contribution >= 0.6 is 0 Å². The van der Waals surface area contributed by atoms with Crippen LogP contribution in [0, 0.1) is 5.41 Å². The standard InChI is InChI=1S/C10H12BN7/c11-7-8(13)16-10(18-6-2-5-15-18)17-9(7)14-4-1-3-12/h1-6,12H,11H2,(H3,13,14,16,17)/b4-1-,12-3?. The Morgan fingerprint density at radius 3 is 2.94 bits per heavy atom. The van der Waals surface area contributed by atoms with E-state index >= 15 is 0 Å². The molecular formula is C10H12BN7. The van der Waals surface area contributed by atoms with Crippen LogP contribution in [0.5, 0.6) is 0 Å². The molecule has 8 heteroatoms. The molecule has 90 valence electrons. The van der Waals surface area contributed by atoms with E-state index in [0.717, 1.165) is 5.46 Å². The third-order valence-corrected chi connectivity index (χ3v) is 2.29. The summed E-state index contributed by atoms with van der Waals surface area (Å²) in [4.78, 5) is 8.48. The molecule has 0 spiro atoms. The van der Waals surface area contributed by atoms with Gasteiger partial charge in [-0.1, -0.05) is 0 Å². The lowest BCUT2D eigenvalue weighted by Crippen LogP contribution is -2.20. The van der Waals surface area contributed by atoms with Crippen LogP contribution in [-0.4, -0.2) is 33.8 Å². The molecule has 0 radical (unpaired) electrons. The monoisotopic (exact) mass is 241 g/mol. The van der Waals surface area contributed by atoms with Crippen molar-refractivity contribution in [3.05, 3.63) is 30.7 Å². The van der Waals surface area contributed by atoms with Crippen molar-refractivity contribution in [3.8, 4) is 5.95 Å². The number of anilines is 2. The maximum atomic E-state index is 6.90. The summed E-state index contributed by atoms with van der Waals surface area (Å²) in [7, 11) is 1.82. The van der Waals surface area contributed by atoms with Gasteiger partial charge in [-0.15, -0.1) is 0 Å². The Labute approximate surface area is 105 Å². The minimum atomic E-state index is 0.390. The predicted octanol–water partition coefficient (Wildman–Crippen LogP) is -0.922. The average Bonchev–Trinajstić information content (AvgIpc) is 2.88. The highest BCUT2D eigenvalue weighted by Gasteiger charge is 2.08. The van der Waals surface area contributed by atoms with Crippen molar-refractivity contribution in [1.29, 1.82) is 5.41 Å². The number of hydrogen-bond donors (Lipinski definition) is 3. The Morgan fingerprint density at radius 1 is 1.44 bits per heavy atom. The van der Waals surface area contributed by atoms with E-state index in [1.807, 2.05) is 7.85 Å². The average molecular weight is 241 g/mol. The summed E-state index contributed by atoms with van der Waals surface area (Å²) in [5.74, 6) is 1.38. The summed E-state index contributed by atoms with van der Waals surface area (Å²) >= 11 is 0. The number of aromatic nitrogens is 4. The van der Waals surface area contributed by atoms with Gasteiger partial charge in [0.25, 0.3) is 5.95 Å². The van der Waals surface area contributed by atoms with Gasteiger partial charge < -0.3 is 16.5 Å². The lowest BCUT2D eigenvalue weighted by molar-refractivity contribution is 0.813. The van der Waals surface area contributed by atoms with Crippen LogP contribution in [0.4, 0.5) is 11.6 Å². The zero-order valence-electron chi connectivity index (χ0n) is 9.83. The van der Waals surface area contributed by atoms with Crippen molar-refractivity contribution in [1.82, 2.24) is 19.7 Å². The molecule has 2 heterocycles. The number of nitrogen functional groups attached to an aromatic ring is 1. The smallest absolute Gasteiger partial charge is 0.254 e. The molecule has 0 aliphatic carbocycles. The van der Waals surface area contributed by atoms with E-state index in [1.165, 1.54) is 10.9 Å². The fraction of sp³-hybridized carbons (Fsp3) is 0. The fourth-order valence-electron chi connectivity index (χ4n) is 1.33. The van der Waals surface area contributed by atoms with Gasteiger partial charge in [0.2, 0.25) is 0 Å². The van der Waals surface area contributed by atoms with Crippen molar-refractivity contribution in [2.24, 2.45) is 0 Å². The number of rotatable bonds is 4. The van der Waals surface area contributed by atoms with E-state index in [-0.39, 0.29) is 0 Å². The third kappa shape index (κ3) is 2.37. The van der Waals surface area contributed by atoms with Gasteiger partial charge in [0, 0.05) is 24.8 Å². The normalized spacial score (nSPS) is 10.7. The van der Waals surface area contributed by atoms with Gasteiger partial charge >= 0.3 is 0 Å². The SMILES string of the molecule is Bc1c(N)nc(-n2cccn2)nc1N/C=C\C=N. The quantitative estimate of drug-likeness (QED) is 0.474. The highest BCUT2D eigenvalue weighted by molar-refractivity contribution is 6.38. The minimum Gasteiger partial charge on any atom is -0.384 e. The Balaban J connectivity index is 2.39. The molecule has 0 aliphatic rings. The van der Waals surface area contributed by atoms with E-state index in [4.69, 9.17) is 11.1 Å². The summed E-state index contributed by atoms with van der Waals surface area (Å²) in [5, 5.41) is 13.9. The number of nitrogens with zero attached hydrogens (tertiary/aromatic N) is 4. The van der Waals surface area contributed by atoms with Crippen molar-refractivity contribution in [2.45, 2.75) is 0 Å². The highest BCUT2D eigenvalue weighted by atomic mass is 15.3. The van der Waals surface area contributed by atoms with Gasteiger partial charge in [-0.3, -0.25) is 0 Å². The first-order chi connectivity index (χ1) is 8.72. The minimum absolute atomic E-state index is 0.390. The van der Waals surface area contributed by atoms with E-state index in [9.17, 15) is 0 Å². The number of nitrogens with two attached hydrogens (primary N) is 1. The second-order valence-corrected chi connectivity index (χ2v) is 3.50. The topological polar surface area (TPSA) is 106 Å². The first-order valence-corrected chi connectivity index (χ1v) is 5.28. The number of allylic oxidation sites excluding steroid dienone is 1. The molecule has 0 saturated heterocycles. The Morgan fingerprint density at radius 2 is 2.28 bits per heavy atom. The summed E-state index contributed by atoms with van der Waals surface area (Å²) in [6.45, 7) is 0. The highest BCUT2D eigenvalue weighted by Crippen LogP contribution is 2.07. The van der Waals surface area contributed by atoms with Gasteiger partial charge in [0.05, 0.1) is 0 Å². The molecular weight excluding hydrogens is 229 g/mol.